The van der Waals surface area contributed by atoms with Crippen molar-refractivity contribution < 1.29 is 89.7 Å². The van der Waals surface area contributed by atoms with Crippen molar-refractivity contribution in [3.63, 3.8) is 0 Å². The van der Waals surface area contributed by atoms with Crippen molar-refractivity contribution in [2.24, 2.45) is 0 Å². The molecule has 50 heavy (non-hydrogen) atoms. The van der Waals surface area contributed by atoms with E-state index in [0.29, 0.717) is 12.8 Å². The van der Waals surface area contributed by atoms with Crippen LogP contribution in [-0.2, 0) is 28.4 Å². The third-order valence-electron chi connectivity index (χ3n) is 8.10. The van der Waals surface area contributed by atoms with E-state index in [1.165, 1.54) is 6.08 Å². The zero-order valence-electron chi connectivity index (χ0n) is 27.2. The summed E-state index contributed by atoms with van der Waals surface area (Å²) >= 11 is 0. The van der Waals surface area contributed by atoms with E-state index in [1.54, 1.807) is 25.2 Å². The Labute approximate surface area is 288 Å². The van der Waals surface area contributed by atoms with Crippen molar-refractivity contribution in [2.45, 2.75) is 124 Å². The molecule has 0 radical (unpaired) electrons. The molecule has 3 aliphatic heterocycles. The number of allylic oxidation sites excluding steroid dienone is 3. The van der Waals surface area contributed by atoms with E-state index in [-0.39, 0.29) is 6.61 Å². The molecule has 3 rings (SSSR count). The summed E-state index contributed by atoms with van der Waals surface area (Å²) in [4.78, 5) is 0. The molecule has 0 aromatic rings. The van der Waals surface area contributed by atoms with Gasteiger partial charge >= 0.3 is 0 Å². The Bertz CT molecular complexity index is 1190. The molecule has 0 saturated carbocycles. The van der Waals surface area contributed by atoms with Gasteiger partial charge in [-0.25, -0.2) is 0 Å². The standard InChI is InChI=1S/C32H48O18/c1-2-3-4-5-7-10-16(35)17(11-8-6-9-12-33)47-32-29(44)26(41)23(38)20(50-32)15-46-31-28(43)25(40)22(37)19(49-31)14-45-30-27(42)24(39)21(36)18(13-34)48-30/h2-3,8,11,16-44H,6,9,12-15H2,1H3. The Morgan fingerprint density at radius 3 is 1.68 bits per heavy atom. The number of hydrogen-bond acceptors (Lipinski definition) is 18. The minimum atomic E-state index is -1.86. The van der Waals surface area contributed by atoms with Crippen LogP contribution >= 0.6 is 0 Å². The predicted octanol–water partition coefficient (Wildman–Crippen LogP) is -5.91. The lowest BCUT2D eigenvalue weighted by Crippen LogP contribution is -2.63. The van der Waals surface area contributed by atoms with E-state index >= 15 is 0 Å². The molecule has 0 aromatic heterocycles. The zero-order valence-corrected chi connectivity index (χ0v) is 27.2. The summed E-state index contributed by atoms with van der Waals surface area (Å²) in [5.41, 5.74) is 0. The average Bonchev–Trinajstić information content (AvgIpc) is 3.11. The topological polar surface area (TPSA) is 298 Å². The second-order valence-electron chi connectivity index (χ2n) is 11.8. The second-order valence-corrected chi connectivity index (χ2v) is 11.8. The average molecular weight is 721 g/mol. The molecule has 18 nitrogen and oxygen atoms in total. The van der Waals surface area contributed by atoms with E-state index in [9.17, 15) is 56.2 Å². The van der Waals surface area contributed by atoms with E-state index < -0.39 is 124 Å². The molecule has 3 aliphatic rings. The SMILES string of the molecule is CC=CC#CC#CC(O)C(C=CCCCO)OC1OC(COC2OC(COC3OC(CO)C(O)C(O)C3O)C(O)C(O)C2O)C(O)C(O)C1O. The number of aliphatic hydroxyl groups excluding tert-OH is 12. The summed E-state index contributed by atoms with van der Waals surface area (Å²) in [5.74, 6) is 10.1. The Kier molecular flexibility index (Phi) is 17.6. The summed E-state index contributed by atoms with van der Waals surface area (Å²) in [5, 5.41) is 123. The molecule has 3 saturated heterocycles. The Morgan fingerprint density at radius 1 is 0.660 bits per heavy atom. The Morgan fingerprint density at radius 2 is 1.16 bits per heavy atom. The second kappa shape index (κ2) is 20.8. The highest BCUT2D eigenvalue weighted by Crippen LogP contribution is 2.28. The molecule has 0 spiro atoms. The molecule has 0 amide bonds. The quantitative estimate of drug-likeness (QED) is 0.0452. The van der Waals surface area contributed by atoms with Crippen LogP contribution in [0.3, 0.4) is 0 Å². The molecule has 12 N–H and O–H groups in total. The van der Waals surface area contributed by atoms with Crippen molar-refractivity contribution in [3.05, 3.63) is 24.3 Å². The van der Waals surface area contributed by atoms with Gasteiger partial charge in [0.05, 0.1) is 19.8 Å². The van der Waals surface area contributed by atoms with Crippen LogP contribution in [0.1, 0.15) is 19.8 Å². The smallest absolute Gasteiger partial charge is 0.187 e. The highest BCUT2D eigenvalue weighted by atomic mass is 16.7. The number of ether oxygens (including phenoxy) is 6. The summed E-state index contributed by atoms with van der Waals surface area (Å²) < 4.78 is 33.2. The van der Waals surface area contributed by atoms with E-state index in [2.05, 4.69) is 23.7 Å². The Balaban J connectivity index is 1.67. The van der Waals surface area contributed by atoms with Gasteiger partial charge in [0.2, 0.25) is 0 Å². The third-order valence-corrected chi connectivity index (χ3v) is 8.10. The van der Waals surface area contributed by atoms with Crippen LogP contribution in [0.15, 0.2) is 24.3 Å². The van der Waals surface area contributed by atoms with E-state index in [1.807, 2.05) is 0 Å². The number of hydrogen-bond donors (Lipinski definition) is 12. The van der Waals surface area contributed by atoms with Gasteiger partial charge in [0, 0.05) is 6.61 Å². The van der Waals surface area contributed by atoms with Crippen molar-refractivity contribution in [1.82, 2.24) is 0 Å². The minimum absolute atomic E-state index is 0.0869. The lowest BCUT2D eigenvalue weighted by molar-refractivity contribution is -0.344. The number of unbranched alkanes of at least 4 members (excludes halogenated alkanes) is 1. The van der Waals surface area contributed by atoms with Gasteiger partial charge in [0.15, 0.2) is 18.9 Å². The molecule has 3 fully saturated rings. The van der Waals surface area contributed by atoms with Gasteiger partial charge in [-0.2, -0.15) is 0 Å². The highest BCUT2D eigenvalue weighted by molar-refractivity contribution is 5.32. The fraction of sp³-hybridized carbons (Fsp3) is 0.750. The maximum atomic E-state index is 10.7. The number of rotatable bonds is 14. The fourth-order valence-corrected chi connectivity index (χ4v) is 5.12. The summed E-state index contributed by atoms with van der Waals surface area (Å²) in [7, 11) is 0. The van der Waals surface area contributed by atoms with Gasteiger partial charge in [-0.1, -0.05) is 30.1 Å². The van der Waals surface area contributed by atoms with Gasteiger partial charge in [0.25, 0.3) is 0 Å². The maximum Gasteiger partial charge on any atom is 0.187 e. The van der Waals surface area contributed by atoms with Crippen molar-refractivity contribution >= 4 is 0 Å². The largest absolute Gasteiger partial charge is 0.396 e. The fourth-order valence-electron chi connectivity index (χ4n) is 5.12. The molecular formula is C32H48O18. The first kappa shape index (κ1) is 42.3. The van der Waals surface area contributed by atoms with Crippen LogP contribution in [0, 0.1) is 23.7 Å². The molecule has 17 unspecified atom stereocenters. The van der Waals surface area contributed by atoms with E-state index in [0.717, 1.165) is 0 Å². The summed E-state index contributed by atoms with van der Waals surface area (Å²) in [6, 6.07) is 0. The van der Waals surface area contributed by atoms with Gasteiger partial charge in [-0.15, -0.1) is 0 Å². The van der Waals surface area contributed by atoms with Crippen LogP contribution in [0.5, 0.6) is 0 Å². The monoisotopic (exact) mass is 720 g/mol. The molecule has 284 valence electrons. The summed E-state index contributed by atoms with van der Waals surface area (Å²) in [6.45, 7) is -0.301. The number of aliphatic hydroxyl groups is 12. The normalized spacial score (nSPS) is 40.5. The van der Waals surface area contributed by atoms with Crippen LogP contribution in [0.4, 0.5) is 0 Å². The molecule has 0 aliphatic carbocycles. The first-order valence-corrected chi connectivity index (χ1v) is 16.0. The maximum absolute atomic E-state index is 10.7. The summed E-state index contributed by atoms with van der Waals surface area (Å²) in [6.07, 6.45) is -20.8. The van der Waals surface area contributed by atoms with Crippen LogP contribution in [0.25, 0.3) is 0 Å². The molecule has 3 heterocycles. The minimum Gasteiger partial charge on any atom is -0.396 e. The first-order chi connectivity index (χ1) is 23.9. The predicted molar refractivity (Wildman–Crippen MR) is 166 cm³/mol. The first-order valence-electron chi connectivity index (χ1n) is 16.0. The van der Waals surface area contributed by atoms with Crippen LogP contribution < -0.4 is 0 Å². The van der Waals surface area contributed by atoms with Gasteiger partial charge in [-0.3, -0.25) is 0 Å². The lowest BCUT2D eigenvalue weighted by atomic mass is 9.98. The van der Waals surface area contributed by atoms with Gasteiger partial charge < -0.3 is 89.7 Å². The van der Waals surface area contributed by atoms with Crippen molar-refractivity contribution in [3.8, 4) is 23.7 Å². The Hall–Kier alpha value is -2.12. The molecule has 0 aromatic carbocycles. The van der Waals surface area contributed by atoms with E-state index in [4.69, 9.17) is 33.5 Å². The van der Waals surface area contributed by atoms with Crippen LogP contribution in [0.2, 0.25) is 0 Å². The lowest BCUT2D eigenvalue weighted by Gasteiger charge is -2.44. The molecule has 0 bridgehead atoms. The third kappa shape index (κ3) is 11.2. The zero-order chi connectivity index (χ0) is 37.0. The molecule has 18 heteroatoms. The van der Waals surface area contributed by atoms with Crippen LogP contribution in [-0.4, -0.2) is 192 Å². The molecule has 17 atom stereocenters. The van der Waals surface area contributed by atoms with Gasteiger partial charge in [0.1, 0.15) is 85.5 Å². The van der Waals surface area contributed by atoms with Crippen molar-refractivity contribution in [2.75, 3.05) is 26.4 Å². The van der Waals surface area contributed by atoms with Crippen molar-refractivity contribution in [1.29, 1.82) is 0 Å². The highest BCUT2D eigenvalue weighted by Gasteiger charge is 2.49. The van der Waals surface area contributed by atoms with Gasteiger partial charge in [-0.05, 0) is 37.7 Å². The molecular weight excluding hydrogens is 672 g/mol.